The highest BCUT2D eigenvalue weighted by Crippen LogP contribution is 2.32. The first-order valence-corrected chi connectivity index (χ1v) is 8.79. The average Bonchev–Trinajstić information content (AvgIpc) is 2.56. The van der Waals surface area contributed by atoms with Crippen molar-refractivity contribution >= 4 is 10.1 Å². The molecular formula is C13H28F3NO6S. The second-order valence-corrected chi connectivity index (χ2v) is 6.19. The topological polar surface area (TPSA) is 85.3 Å². The molecule has 0 saturated carbocycles. The van der Waals surface area contributed by atoms with Gasteiger partial charge in [0.2, 0.25) is 6.36 Å². The number of halogens is 3. The minimum atomic E-state index is -5.34. The molecule has 0 aliphatic heterocycles. The lowest BCUT2D eigenvalue weighted by atomic mass is 10.3. The molecule has 2 atom stereocenters. The Morgan fingerprint density at radius 1 is 1.12 bits per heavy atom. The van der Waals surface area contributed by atoms with E-state index in [1.807, 2.05) is 0 Å². The predicted molar refractivity (Wildman–Crippen MR) is 83.1 cm³/mol. The molecule has 0 spiro atoms. The Hall–Kier alpha value is -0.460. The maximum Gasteiger partial charge on any atom is 0.400 e. The summed E-state index contributed by atoms with van der Waals surface area (Å²) in [6.45, 7) is 8.76. The van der Waals surface area contributed by atoms with Gasteiger partial charge in [-0.2, -0.15) is 17.2 Å². The molecule has 24 heavy (non-hydrogen) atoms. The summed E-state index contributed by atoms with van der Waals surface area (Å²) in [6.07, 6.45) is -5.42. The van der Waals surface area contributed by atoms with Crippen LogP contribution in [0.15, 0.2) is 0 Å². The molecule has 0 fully saturated rings. The van der Waals surface area contributed by atoms with Crippen LogP contribution >= 0.6 is 0 Å². The molecular weight excluding hydrogens is 355 g/mol. The van der Waals surface area contributed by atoms with Gasteiger partial charge >= 0.3 is 15.4 Å². The monoisotopic (exact) mass is 383 g/mol. The Labute approximate surface area is 141 Å². The zero-order valence-electron chi connectivity index (χ0n) is 14.7. The van der Waals surface area contributed by atoms with Crippen molar-refractivity contribution in [1.82, 2.24) is 4.90 Å². The van der Waals surface area contributed by atoms with E-state index in [0.717, 1.165) is 7.11 Å². The Balaban J connectivity index is 0. The molecule has 0 rings (SSSR count). The van der Waals surface area contributed by atoms with Gasteiger partial charge in [-0.15, -0.1) is 0 Å². The zero-order valence-corrected chi connectivity index (χ0v) is 15.5. The van der Waals surface area contributed by atoms with Gasteiger partial charge in [-0.1, -0.05) is 20.8 Å². The Morgan fingerprint density at radius 3 is 1.83 bits per heavy atom. The van der Waals surface area contributed by atoms with Crippen LogP contribution in [0.2, 0.25) is 0 Å². The summed E-state index contributed by atoms with van der Waals surface area (Å²) >= 11 is 0. The molecule has 1 N–H and O–H groups in total. The van der Waals surface area contributed by atoms with Gasteiger partial charge in [0, 0.05) is 7.11 Å². The molecule has 0 aromatic heterocycles. The fraction of sp³-hybridized carbons (Fsp3) is 1.00. The highest BCUT2D eigenvalue weighted by molar-refractivity contribution is 7.87. The first kappa shape index (κ1) is 25.8. The second-order valence-electron chi connectivity index (χ2n) is 4.40. The van der Waals surface area contributed by atoms with Gasteiger partial charge in [-0.3, -0.25) is 4.18 Å². The molecule has 0 amide bonds. The van der Waals surface area contributed by atoms with Crippen LogP contribution in [-0.2, 0) is 23.8 Å². The lowest BCUT2D eigenvalue weighted by Crippen LogP contribution is -2.49. The Morgan fingerprint density at radius 2 is 1.58 bits per heavy atom. The summed E-state index contributed by atoms with van der Waals surface area (Å²) in [7, 11) is -4.08. The van der Waals surface area contributed by atoms with Crippen molar-refractivity contribution in [2.24, 2.45) is 0 Å². The summed E-state index contributed by atoms with van der Waals surface area (Å²) in [5.74, 6) is 0. The van der Waals surface area contributed by atoms with E-state index in [1.165, 1.54) is 19.6 Å². The van der Waals surface area contributed by atoms with Crippen molar-refractivity contribution in [2.45, 2.75) is 38.5 Å². The van der Waals surface area contributed by atoms with Gasteiger partial charge in [0.25, 0.3) is 0 Å². The molecule has 0 aliphatic carbocycles. The normalized spacial score (nSPS) is 14.9. The molecule has 0 bridgehead atoms. The van der Waals surface area contributed by atoms with Crippen LogP contribution < -0.4 is 0 Å². The lowest BCUT2D eigenvalue weighted by Gasteiger charge is -2.27. The van der Waals surface area contributed by atoms with E-state index < -0.39 is 41.0 Å². The van der Waals surface area contributed by atoms with Gasteiger partial charge in [0.1, 0.15) is 0 Å². The maximum absolute atomic E-state index is 13.4. The molecule has 2 unspecified atom stereocenters. The van der Waals surface area contributed by atoms with E-state index in [2.05, 4.69) is 39.3 Å². The standard InChI is InChI=1S/C7H13F3O6S.C6H15N/c1-14-6(8)5(16-4-3-11)7(9,10)17(12,13)15-2;1-4-7(5-2)6-3/h5-6,11H,3-4H2,1-2H3;4-6H2,1-3H3. The SMILES string of the molecule is CCN(CC)CC.COC(F)C(OCCO)C(F)(F)S(=O)(=O)OC. The summed E-state index contributed by atoms with van der Waals surface area (Å²) in [5.41, 5.74) is 0. The third-order valence-electron chi connectivity index (χ3n) is 3.08. The van der Waals surface area contributed by atoms with E-state index in [-0.39, 0.29) is 0 Å². The third kappa shape index (κ3) is 8.08. The minimum Gasteiger partial charge on any atom is -0.394 e. The molecule has 0 heterocycles. The van der Waals surface area contributed by atoms with E-state index in [0.29, 0.717) is 7.11 Å². The van der Waals surface area contributed by atoms with Gasteiger partial charge in [-0.25, -0.2) is 4.39 Å². The smallest absolute Gasteiger partial charge is 0.394 e. The molecule has 0 aromatic carbocycles. The summed E-state index contributed by atoms with van der Waals surface area (Å²) in [6, 6.07) is 0. The van der Waals surface area contributed by atoms with Crippen molar-refractivity contribution in [3.8, 4) is 0 Å². The number of nitrogens with zero attached hydrogens (tertiary/aromatic N) is 1. The lowest BCUT2D eigenvalue weighted by molar-refractivity contribution is -0.188. The number of ether oxygens (including phenoxy) is 2. The molecule has 11 heteroatoms. The maximum atomic E-state index is 13.4. The minimum absolute atomic E-state index is 0.506. The van der Waals surface area contributed by atoms with Crippen LogP contribution in [0.3, 0.4) is 0 Å². The fourth-order valence-corrected chi connectivity index (χ4v) is 2.23. The number of methoxy groups -OCH3 is 1. The highest BCUT2D eigenvalue weighted by atomic mass is 32.2. The summed E-state index contributed by atoms with van der Waals surface area (Å²) in [4.78, 5) is 2.38. The predicted octanol–water partition coefficient (Wildman–Crippen LogP) is 1.22. The van der Waals surface area contributed by atoms with Crippen molar-refractivity contribution < 1.29 is 40.4 Å². The number of rotatable bonds is 11. The fourth-order valence-electron chi connectivity index (χ4n) is 1.55. The van der Waals surface area contributed by atoms with Crippen LogP contribution in [0.5, 0.6) is 0 Å². The van der Waals surface area contributed by atoms with Crippen molar-refractivity contribution in [2.75, 3.05) is 47.1 Å². The number of hydrogen-bond acceptors (Lipinski definition) is 7. The van der Waals surface area contributed by atoms with Gasteiger partial charge < -0.3 is 19.5 Å². The molecule has 0 aliphatic rings. The van der Waals surface area contributed by atoms with Crippen molar-refractivity contribution in [3.05, 3.63) is 0 Å². The van der Waals surface area contributed by atoms with Crippen LogP contribution in [0.4, 0.5) is 13.2 Å². The number of aliphatic hydroxyl groups excluding tert-OH is 1. The molecule has 0 saturated heterocycles. The Bertz CT molecular complexity index is 401. The summed E-state index contributed by atoms with van der Waals surface area (Å²) in [5, 5.41) is 3.74. The number of aliphatic hydroxyl groups is 1. The van der Waals surface area contributed by atoms with Gasteiger partial charge in [-0.05, 0) is 19.6 Å². The highest BCUT2D eigenvalue weighted by Gasteiger charge is 2.57. The molecule has 0 aromatic rings. The Kier molecular flexibility index (Phi) is 13.8. The van der Waals surface area contributed by atoms with E-state index in [1.54, 1.807) is 0 Å². The van der Waals surface area contributed by atoms with Crippen molar-refractivity contribution in [1.29, 1.82) is 0 Å². The van der Waals surface area contributed by atoms with Crippen molar-refractivity contribution in [3.63, 3.8) is 0 Å². The zero-order chi connectivity index (χ0) is 19.4. The quantitative estimate of drug-likeness (QED) is 0.537. The number of hydrogen-bond donors (Lipinski definition) is 1. The number of alkyl halides is 3. The third-order valence-corrected chi connectivity index (χ3v) is 4.42. The van der Waals surface area contributed by atoms with Gasteiger partial charge in [0.15, 0.2) is 6.10 Å². The van der Waals surface area contributed by atoms with Crippen LogP contribution in [0, 0.1) is 0 Å². The van der Waals surface area contributed by atoms with E-state index >= 15 is 0 Å². The first-order chi connectivity index (χ1) is 11.1. The molecule has 7 nitrogen and oxygen atoms in total. The second kappa shape index (κ2) is 12.8. The molecule has 0 radical (unpaired) electrons. The van der Waals surface area contributed by atoms with Crippen LogP contribution in [-0.4, -0.2) is 83.2 Å². The first-order valence-electron chi connectivity index (χ1n) is 7.39. The van der Waals surface area contributed by atoms with Gasteiger partial charge in [0.05, 0.1) is 20.3 Å². The summed E-state index contributed by atoms with van der Waals surface area (Å²) < 4.78 is 73.5. The largest absolute Gasteiger partial charge is 0.400 e. The van der Waals surface area contributed by atoms with E-state index in [4.69, 9.17) is 5.11 Å². The average molecular weight is 383 g/mol. The molecule has 148 valence electrons. The van der Waals surface area contributed by atoms with Crippen LogP contribution in [0.1, 0.15) is 20.8 Å². The van der Waals surface area contributed by atoms with Crippen LogP contribution in [0.25, 0.3) is 0 Å². The van der Waals surface area contributed by atoms with E-state index in [9.17, 15) is 21.6 Å².